The van der Waals surface area contributed by atoms with Crippen molar-refractivity contribution in [1.82, 2.24) is 15.5 Å². The molecule has 0 unspecified atom stereocenters. The molecule has 0 aliphatic carbocycles. The smallest absolute Gasteiger partial charge is 0.269 e. The van der Waals surface area contributed by atoms with E-state index < -0.39 is 0 Å². The number of amides is 1. The average Bonchev–Trinajstić information content (AvgIpc) is 3.18. The maximum atomic E-state index is 13.4. The Bertz CT molecular complexity index is 969. The zero-order valence-corrected chi connectivity index (χ0v) is 15.3. The van der Waals surface area contributed by atoms with E-state index in [1.54, 1.807) is 51.5 Å². The lowest BCUT2D eigenvalue weighted by Crippen LogP contribution is -2.23. The van der Waals surface area contributed by atoms with Gasteiger partial charge in [-0.2, -0.15) is 5.10 Å². The summed E-state index contributed by atoms with van der Waals surface area (Å²) in [6, 6.07) is 11.8. The van der Waals surface area contributed by atoms with Gasteiger partial charge in [0, 0.05) is 12.1 Å². The largest absolute Gasteiger partial charge is 0.493 e. The Labute approximate surface area is 156 Å². The summed E-state index contributed by atoms with van der Waals surface area (Å²) in [6.45, 7) is 2.01. The molecule has 1 aromatic heterocycles. The molecule has 2 N–H and O–H groups in total. The summed E-state index contributed by atoms with van der Waals surface area (Å²) < 4.78 is 23.9. The van der Waals surface area contributed by atoms with Gasteiger partial charge in [0.25, 0.3) is 5.91 Å². The number of carbonyl (C=O) groups excluding carboxylic acids is 1. The number of aromatic amines is 1. The molecular weight excluding hydrogens is 349 g/mol. The fraction of sp³-hybridized carbons (Fsp3) is 0.200. The Balaban J connectivity index is 1.68. The quantitative estimate of drug-likeness (QED) is 0.698. The van der Waals surface area contributed by atoms with Crippen LogP contribution < -0.4 is 14.8 Å². The monoisotopic (exact) mass is 369 g/mol. The third-order valence-electron chi connectivity index (χ3n) is 4.18. The van der Waals surface area contributed by atoms with Crippen molar-refractivity contribution in [3.8, 4) is 22.8 Å². The number of H-pyrrole nitrogens is 1. The number of halogens is 1. The average molecular weight is 369 g/mol. The van der Waals surface area contributed by atoms with E-state index in [1.165, 1.54) is 6.07 Å². The standard InChI is InChI=1S/C20H20FN3O3/c1-12-8-14(5-6-15(12)21)16-10-17(24-23-16)20(25)22-11-13-4-7-18(26-2)19(9-13)27-3/h4-10H,11H2,1-3H3,(H,22,25)(H,23,24). The van der Waals surface area contributed by atoms with Gasteiger partial charge in [-0.25, -0.2) is 4.39 Å². The fourth-order valence-corrected chi connectivity index (χ4v) is 2.66. The van der Waals surface area contributed by atoms with Gasteiger partial charge < -0.3 is 14.8 Å². The number of methoxy groups -OCH3 is 2. The number of carbonyl (C=O) groups is 1. The van der Waals surface area contributed by atoms with Crippen LogP contribution in [0.1, 0.15) is 21.6 Å². The Morgan fingerprint density at radius 1 is 1.11 bits per heavy atom. The van der Waals surface area contributed by atoms with E-state index in [4.69, 9.17) is 9.47 Å². The highest BCUT2D eigenvalue weighted by molar-refractivity contribution is 5.93. The second-order valence-electron chi connectivity index (χ2n) is 6.00. The highest BCUT2D eigenvalue weighted by atomic mass is 19.1. The van der Waals surface area contributed by atoms with Crippen molar-refractivity contribution in [2.75, 3.05) is 14.2 Å². The zero-order chi connectivity index (χ0) is 19.4. The van der Waals surface area contributed by atoms with E-state index in [0.717, 1.165) is 11.1 Å². The molecule has 0 aliphatic heterocycles. The highest BCUT2D eigenvalue weighted by Gasteiger charge is 2.12. The van der Waals surface area contributed by atoms with Gasteiger partial charge in [-0.05, 0) is 54.4 Å². The van der Waals surface area contributed by atoms with Gasteiger partial charge in [-0.3, -0.25) is 9.89 Å². The zero-order valence-electron chi connectivity index (χ0n) is 15.3. The van der Waals surface area contributed by atoms with Crippen LogP contribution in [0.4, 0.5) is 4.39 Å². The summed E-state index contributed by atoms with van der Waals surface area (Å²) >= 11 is 0. The number of rotatable bonds is 6. The van der Waals surface area contributed by atoms with Gasteiger partial charge in [0.15, 0.2) is 11.5 Å². The van der Waals surface area contributed by atoms with Crippen molar-refractivity contribution in [3.63, 3.8) is 0 Å². The summed E-state index contributed by atoms with van der Waals surface area (Å²) in [5.41, 5.74) is 3.04. The van der Waals surface area contributed by atoms with Crippen molar-refractivity contribution in [2.45, 2.75) is 13.5 Å². The molecule has 0 radical (unpaired) electrons. The van der Waals surface area contributed by atoms with Crippen LogP contribution in [0.2, 0.25) is 0 Å². The topological polar surface area (TPSA) is 76.2 Å². The molecule has 0 aliphatic rings. The number of aryl methyl sites for hydroxylation is 1. The van der Waals surface area contributed by atoms with Gasteiger partial charge in [-0.15, -0.1) is 0 Å². The molecule has 0 bridgehead atoms. The first-order valence-corrected chi connectivity index (χ1v) is 8.33. The van der Waals surface area contributed by atoms with E-state index in [-0.39, 0.29) is 11.7 Å². The molecule has 6 nitrogen and oxygen atoms in total. The maximum absolute atomic E-state index is 13.4. The lowest BCUT2D eigenvalue weighted by molar-refractivity contribution is 0.0946. The Hall–Kier alpha value is -3.35. The summed E-state index contributed by atoms with van der Waals surface area (Å²) in [4.78, 5) is 12.4. The SMILES string of the molecule is COc1ccc(CNC(=O)c2cc(-c3ccc(F)c(C)c3)n[nH]2)cc1OC. The molecule has 7 heteroatoms. The van der Waals surface area contributed by atoms with Crippen LogP contribution >= 0.6 is 0 Å². The molecule has 3 aromatic rings. The maximum Gasteiger partial charge on any atom is 0.269 e. The molecule has 0 saturated carbocycles. The minimum Gasteiger partial charge on any atom is -0.493 e. The van der Waals surface area contributed by atoms with Crippen LogP contribution in [-0.2, 0) is 6.54 Å². The molecule has 0 atom stereocenters. The van der Waals surface area contributed by atoms with E-state index >= 15 is 0 Å². The molecule has 1 amide bonds. The summed E-state index contributed by atoms with van der Waals surface area (Å²) in [5.74, 6) is 0.657. The molecular formula is C20H20FN3O3. The highest BCUT2D eigenvalue weighted by Crippen LogP contribution is 2.27. The molecule has 27 heavy (non-hydrogen) atoms. The first kappa shape index (κ1) is 18.4. The number of ether oxygens (including phenoxy) is 2. The number of hydrogen-bond donors (Lipinski definition) is 2. The summed E-state index contributed by atoms with van der Waals surface area (Å²) in [7, 11) is 3.13. The molecule has 0 spiro atoms. The molecule has 2 aromatic carbocycles. The molecule has 0 fully saturated rings. The number of nitrogens with zero attached hydrogens (tertiary/aromatic N) is 1. The van der Waals surface area contributed by atoms with Gasteiger partial charge >= 0.3 is 0 Å². The van der Waals surface area contributed by atoms with Crippen LogP contribution in [0.25, 0.3) is 11.3 Å². The lowest BCUT2D eigenvalue weighted by atomic mass is 10.1. The minimum atomic E-state index is -0.289. The van der Waals surface area contributed by atoms with Crippen molar-refractivity contribution in [3.05, 3.63) is 65.1 Å². The van der Waals surface area contributed by atoms with Crippen LogP contribution in [0, 0.1) is 12.7 Å². The first-order chi connectivity index (χ1) is 13.0. The van der Waals surface area contributed by atoms with Gasteiger partial charge in [0.2, 0.25) is 0 Å². The van der Waals surface area contributed by atoms with Crippen molar-refractivity contribution >= 4 is 5.91 Å². The third-order valence-corrected chi connectivity index (χ3v) is 4.18. The van der Waals surface area contributed by atoms with Crippen molar-refractivity contribution < 1.29 is 18.7 Å². The normalized spacial score (nSPS) is 10.5. The van der Waals surface area contributed by atoms with Crippen molar-refractivity contribution in [1.29, 1.82) is 0 Å². The molecule has 140 valence electrons. The second kappa shape index (κ2) is 7.90. The van der Waals surface area contributed by atoms with Crippen LogP contribution in [0.15, 0.2) is 42.5 Å². The second-order valence-corrected chi connectivity index (χ2v) is 6.00. The first-order valence-electron chi connectivity index (χ1n) is 8.33. The van der Waals surface area contributed by atoms with E-state index in [0.29, 0.717) is 35.0 Å². The van der Waals surface area contributed by atoms with E-state index in [9.17, 15) is 9.18 Å². The van der Waals surface area contributed by atoms with Crippen LogP contribution in [0.5, 0.6) is 11.5 Å². The number of benzene rings is 2. The molecule has 1 heterocycles. The van der Waals surface area contributed by atoms with Gasteiger partial charge in [0.05, 0.1) is 19.9 Å². The predicted octanol–water partition coefficient (Wildman–Crippen LogP) is 3.47. The Kier molecular flexibility index (Phi) is 5.40. The predicted molar refractivity (Wildman–Crippen MR) is 99.4 cm³/mol. The summed E-state index contributed by atoms with van der Waals surface area (Å²) in [5, 5.41) is 9.68. The fourth-order valence-electron chi connectivity index (χ4n) is 2.66. The number of nitrogens with one attached hydrogen (secondary N) is 2. The number of hydrogen-bond acceptors (Lipinski definition) is 4. The van der Waals surface area contributed by atoms with E-state index in [1.807, 2.05) is 6.07 Å². The van der Waals surface area contributed by atoms with E-state index in [2.05, 4.69) is 15.5 Å². The van der Waals surface area contributed by atoms with Crippen LogP contribution in [-0.4, -0.2) is 30.3 Å². The Morgan fingerprint density at radius 3 is 2.59 bits per heavy atom. The summed E-state index contributed by atoms with van der Waals surface area (Å²) in [6.07, 6.45) is 0. The van der Waals surface area contributed by atoms with Gasteiger partial charge in [0.1, 0.15) is 11.5 Å². The molecule has 3 rings (SSSR count). The third kappa shape index (κ3) is 4.08. The Morgan fingerprint density at radius 2 is 1.89 bits per heavy atom. The van der Waals surface area contributed by atoms with Crippen LogP contribution in [0.3, 0.4) is 0 Å². The molecule has 0 saturated heterocycles. The lowest BCUT2D eigenvalue weighted by Gasteiger charge is -2.10. The minimum absolute atomic E-state index is 0.276. The number of aromatic nitrogens is 2. The van der Waals surface area contributed by atoms with Gasteiger partial charge in [-0.1, -0.05) is 6.07 Å². The van der Waals surface area contributed by atoms with Crippen molar-refractivity contribution in [2.24, 2.45) is 0 Å².